The van der Waals surface area contributed by atoms with Gasteiger partial charge in [-0.25, -0.2) is 0 Å². The van der Waals surface area contributed by atoms with Crippen molar-refractivity contribution >= 4 is 29.9 Å². The van der Waals surface area contributed by atoms with E-state index in [1.807, 2.05) is 6.07 Å². The highest BCUT2D eigenvalue weighted by Crippen LogP contribution is 2.20. The molecule has 2 aliphatic rings. The Morgan fingerprint density at radius 2 is 2.00 bits per heavy atom. The van der Waals surface area contributed by atoms with Gasteiger partial charge in [-0.1, -0.05) is 30.3 Å². The van der Waals surface area contributed by atoms with E-state index in [2.05, 4.69) is 39.1 Å². The van der Waals surface area contributed by atoms with Crippen molar-refractivity contribution in [3.8, 4) is 0 Å². The van der Waals surface area contributed by atoms with E-state index in [9.17, 15) is 4.39 Å². The lowest BCUT2D eigenvalue weighted by molar-refractivity contribution is 0.202. The summed E-state index contributed by atoms with van der Waals surface area (Å²) in [7, 11) is 0. The topological polar surface area (TPSA) is 18.8 Å². The number of piperidine rings is 1. The molecular formula is C16H23FIN3. The predicted octanol–water partition coefficient (Wildman–Crippen LogP) is 3.16. The first kappa shape index (κ1) is 16.5. The Morgan fingerprint density at radius 1 is 1.19 bits per heavy atom. The van der Waals surface area contributed by atoms with Gasteiger partial charge < -0.3 is 9.80 Å². The second-order valence-corrected chi connectivity index (χ2v) is 5.70. The van der Waals surface area contributed by atoms with Crippen molar-refractivity contribution < 1.29 is 4.39 Å². The molecule has 116 valence electrons. The van der Waals surface area contributed by atoms with Crippen molar-refractivity contribution in [1.29, 1.82) is 0 Å². The molecule has 0 N–H and O–H groups in total. The normalized spacial score (nSPS) is 22.0. The van der Waals surface area contributed by atoms with Crippen molar-refractivity contribution in [2.24, 2.45) is 10.9 Å². The van der Waals surface area contributed by atoms with Crippen LogP contribution < -0.4 is 0 Å². The van der Waals surface area contributed by atoms with Gasteiger partial charge in [-0.3, -0.25) is 9.38 Å². The van der Waals surface area contributed by atoms with Gasteiger partial charge >= 0.3 is 0 Å². The van der Waals surface area contributed by atoms with Crippen LogP contribution in [0.5, 0.6) is 0 Å². The van der Waals surface area contributed by atoms with E-state index in [-0.39, 0.29) is 36.6 Å². The molecule has 0 bridgehead atoms. The van der Waals surface area contributed by atoms with E-state index in [0.717, 1.165) is 51.5 Å². The second-order valence-electron chi connectivity index (χ2n) is 5.70. The number of likely N-dealkylation sites (tertiary alicyclic amines) is 1. The van der Waals surface area contributed by atoms with Crippen LogP contribution in [0.2, 0.25) is 0 Å². The fourth-order valence-electron chi connectivity index (χ4n) is 3.10. The molecule has 0 spiro atoms. The first-order valence-electron chi connectivity index (χ1n) is 7.51. The molecular weight excluding hydrogens is 380 g/mol. The molecule has 0 radical (unpaired) electrons. The summed E-state index contributed by atoms with van der Waals surface area (Å²) >= 11 is 0. The smallest absolute Gasteiger partial charge is 0.197 e. The van der Waals surface area contributed by atoms with Gasteiger partial charge in [0.05, 0.1) is 13.2 Å². The summed E-state index contributed by atoms with van der Waals surface area (Å²) in [5.41, 5.74) is 1.31. The van der Waals surface area contributed by atoms with Gasteiger partial charge in [-0.05, 0) is 18.4 Å². The number of nitrogens with zero attached hydrogens (tertiary/aromatic N) is 3. The molecule has 5 heteroatoms. The maximum Gasteiger partial charge on any atom is 0.197 e. The zero-order chi connectivity index (χ0) is 13.8. The van der Waals surface area contributed by atoms with Crippen molar-refractivity contribution in [3.05, 3.63) is 35.9 Å². The van der Waals surface area contributed by atoms with Gasteiger partial charge in [0, 0.05) is 32.1 Å². The summed E-state index contributed by atoms with van der Waals surface area (Å²) in [5.74, 6) is 1.26. The molecule has 1 aromatic carbocycles. The van der Waals surface area contributed by atoms with Gasteiger partial charge in [0.1, 0.15) is 0 Å². The number of hydrogen-bond acceptors (Lipinski definition) is 3. The van der Waals surface area contributed by atoms with E-state index in [1.54, 1.807) is 0 Å². The molecule has 0 aromatic heterocycles. The summed E-state index contributed by atoms with van der Waals surface area (Å²) in [5, 5.41) is 0. The highest BCUT2D eigenvalue weighted by Gasteiger charge is 2.27. The average Bonchev–Trinajstić information content (AvgIpc) is 2.96. The number of aliphatic imine (C=N–C) groups is 1. The van der Waals surface area contributed by atoms with Crippen LogP contribution >= 0.6 is 24.0 Å². The third-order valence-corrected chi connectivity index (χ3v) is 4.14. The highest BCUT2D eigenvalue weighted by molar-refractivity contribution is 14.0. The number of alkyl halides is 1. The zero-order valence-electron chi connectivity index (χ0n) is 12.2. The van der Waals surface area contributed by atoms with Crippen LogP contribution in [0.15, 0.2) is 35.3 Å². The summed E-state index contributed by atoms with van der Waals surface area (Å²) in [6.45, 7) is 4.36. The summed E-state index contributed by atoms with van der Waals surface area (Å²) in [6.07, 6.45) is 2.09. The molecule has 1 fully saturated rings. The Labute approximate surface area is 143 Å². The standard InChI is InChI=1S/C16H22FN3.HI/c17-11-15-7-4-9-19(13-15)16-18-8-10-20(16)12-14-5-2-1-3-6-14;/h1-3,5-6,15H,4,7-13H2;1H. The van der Waals surface area contributed by atoms with Crippen LogP contribution in [0.4, 0.5) is 4.39 Å². The van der Waals surface area contributed by atoms with Gasteiger partial charge in [-0.2, -0.15) is 0 Å². The number of hydrogen-bond donors (Lipinski definition) is 0. The molecule has 3 rings (SSSR count). The van der Waals surface area contributed by atoms with Gasteiger partial charge in [0.15, 0.2) is 5.96 Å². The minimum Gasteiger partial charge on any atom is -0.342 e. The number of guanidine groups is 1. The van der Waals surface area contributed by atoms with Crippen molar-refractivity contribution in [3.63, 3.8) is 0 Å². The van der Waals surface area contributed by atoms with E-state index < -0.39 is 0 Å². The Kier molecular flexibility index (Phi) is 6.26. The van der Waals surface area contributed by atoms with Crippen LogP contribution in [0, 0.1) is 5.92 Å². The van der Waals surface area contributed by atoms with E-state index in [0.29, 0.717) is 0 Å². The minimum atomic E-state index is -0.206. The van der Waals surface area contributed by atoms with Crippen molar-refractivity contribution in [1.82, 2.24) is 9.80 Å². The third-order valence-electron chi connectivity index (χ3n) is 4.14. The van der Waals surface area contributed by atoms with Gasteiger partial charge in [0.25, 0.3) is 0 Å². The fourth-order valence-corrected chi connectivity index (χ4v) is 3.10. The van der Waals surface area contributed by atoms with Gasteiger partial charge in [0.2, 0.25) is 0 Å². The molecule has 21 heavy (non-hydrogen) atoms. The van der Waals surface area contributed by atoms with Crippen LogP contribution in [0.1, 0.15) is 18.4 Å². The lowest BCUT2D eigenvalue weighted by Crippen LogP contribution is -2.46. The van der Waals surface area contributed by atoms with Crippen molar-refractivity contribution in [2.45, 2.75) is 19.4 Å². The lowest BCUT2D eigenvalue weighted by Gasteiger charge is -2.36. The Morgan fingerprint density at radius 3 is 2.76 bits per heavy atom. The number of rotatable bonds is 3. The maximum absolute atomic E-state index is 12.9. The third kappa shape index (κ3) is 4.08. The van der Waals surface area contributed by atoms with E-state index in [4.69, 9.17) is 0 Å². The summed E-state index contributed by atoms with van der Waals surface area (Å²) in [6, 6.07) is 10.5. The second kappa shape index (κ2) is 7.96. The molecule has 1 aromatic rings. The van der Waals surface area contributed by atoms with Crippen LogP contribution in [0.25, 0.3) is 0 Å². The Balaban J connectivity index is 0.00000161. The summed E-state index contributed by atoms with van der Waals surface area (Å²) < 4.78 is 12.9. The first-order valence-corrected chi connectivity index (χ1v) is 7.51. The Bertz CT molecular complexity index is 466. The predicted molar refractivity (Wildman–Crippen MR) is 94.8 cm³/mol. The largest absolute Gasteiger partial charge is 0.342 e. The van der Waals surface area contributed by atoms with Crippen LogP contribution in [-0.2, 0) is 6.54 Å². The molecule has 1 atom stereocenters. The van der Waals surface area contributed by atoms with E-state index in [1.165, 1.54) is 5.56 Å². The number of benzene rings is 1. The molecule has 2 aliphatic heterocycles. The average molecular weight is 403 g/mol. The maximum atomic E-state index is 12.9. The molecule has 2 heterocycles. The molecule has 1 unspecified atom stereocenters. The molecule has 0 aliphatic carbocycles. The molecule has 0 saturated carbocycles. The lowest BCUT2D eigenvalue weighted by atomic mass is 10.00. The molecule has 3 nitrogen and oxygen atoms in total. The fraction of sp³-hybridized carbons (Fsp3) is 0.562. The molecule has 0 amide bonds. The van der Waals surface area contributed by atoms with Gasteiger partial charge in [-0.15, -0.1) is 24.0 Å². The van der Waals surface area contributed by atoms with E-state index >= 15 is 0 Å². The quantitative estimate of drug-likeness (QED) is 0.723. The number of halogens is 2. The Hall–Kier alpha value is -0.850. The monoisotopic (exact) mass is 403 g/mol. The SMILES string of the molecule is FCC1CCCN(C2=NCCN2Cc2ccccc2)C1.I. The minimum absolute atomic E-state index is 0. The van der Waals surface area contributed by atoms with Crippen LogP contribution in [-0.4, -0.2) is 48.6 Å². The first-order chi connectivity index (χ1) is 9.86. The zero-order valence-corrected chi connectivity index (χ0v) is 14.6. The highest BCUT2D eigenvalue weighted by atomic mass is 127. The van der Waals surface area contributed by atoms with Crippen LogP contribution in [0.3, 0.4) is 0 Å². The summed E-state index contributed by atoms with van der Waals surface area (Å²) in [4.78, 5) is 9.26. The molecule has 1 saturated heterocycles. The van der Waals surface area contributed by atoms with Crippen molar-refractivity contribution in [2.75, 3.05) is 32.9 Å².